The highest BCUT2D eigenvalue weighted by atomic mass is 32.1. The first-order valence-electron chi connectivity index (χ1n) is 8.72. The molecule has 3 aromatic rings. The number of hydrogen-bond acceptors (Lipinski definition) is 6. The van der Waals surface area contributed by atoms with Crippen molar-refractivity contribution in [2.45, 2.75) is 25.4 Å². The molecular formula is C20H22N2O3S. The third-order valence-electron chi connectivity index (χ3n) is 4.80. The number of methoxy groups -OCH3 is 2. The smallest absolute Gasteiger partial charge is 0.236 e. The fourth-order valence-corrected chi connectivity index (χ4v) is 4.21. The van der Waals surface area contributed by atoms with Crippen LogP contribution in [0.2, 0.25) is 0 Å². The van der Waals surface area contributed by atoms with E-state index in [1.165, 1.54) is 12.0 Å². The van der Waals surface area contributed by atoms with E-state index in [-0.39, 0.29) is 0 Å². The normalized spacial score (nSPS) is 17.5. The minimum absolute atomic E-state index is 0.358. The molecule has 0 radical (unpaired) electrons. The Labute approximate surface area is 157 Å². The summed E-state index contributed by atoms with van der Waals surface area (Å²) in [5.41, 5.74) is 2.22. The molecule has 1 atom stereocenters. The van der Waals surface area contributed by atoms with E-state index < -0.39 is 0 Å². The van der Waals surface area contributed by atoms with Crippen molar-refractivity contribution in [1.82, 2.24) is 9.88 Å². The fraction of sp³-hybridized carbons (Fsp3) is 0.350. The summed E-state index contributed by atoms with van der Waals surface area (Å²) in [6.07, 6.45) is 4.08. The number of thiophene rings is 1. The molecule has 6 heteroatoms. The lowest BCUT2D eigenvalue weighted by molar-refractivity contribution is 0.244. The molecule has 4 rings (SSSR count). The van der Waals surface area contributed by atoms with Crippen LogP contribution in [0.25, 0.3) is 10.8 Å². The van der Waals surface area contributed by atoms with Crippen molar-refractivity contribution < 1.29 is 13.9 Å². The zero-order chi connectivity index (χ0) is 17.9. The molecule has 0 N–H and O–H groups in total. The number of aromatic nitrogens is 1. The zero-order valence-electron chi connectivity index (χ0n) is 15.0. The van der Waals surface area contributed by atoms with Crippen LogP contribution < -0.4 is 9.47 Å². The second-order valence-electron chi connectivity index (χ2n) is 6.36. The summed E-state index contributed by atoms with van der Waals surface area (Å²) in [6.45, 7) is 1.84. The van der Waals surface area contributed by atoms with E-state index in [9.17, 15) is 0 Å². The Morgan fingerprint density at radius 3 is 2.88 bits per heavy atom. The summed E-state index contributed by atoms with van der Waals surface area (Å²) in [4.78, 5) is 8.18. The quantitative estimate of drug-likeness (QED) is 0.626. The molecular weight excluding hydrogens is 348 g/mol. The third-order valence-corrected chi connectivity index (χ3v) is 5.66. The Morgan fingerprint density at radius 1 is 1.23 bits per heavy atom. The molecule has 0 bridgehead atoms. The Hall–Kier alpha value is -2.31. The lowest BCUT2D eigenvalue weighted by atomic mass is 10.0. The molecule has 136 valence electrons. The van der Waals surface area contributed by atoms with Crippen LogP contribution >= 0.6 is 11.3 Å². The van der Waals surface area contributed by atoms with Crippen molar-refractivity contribution in [1.29, 1.82) is 0 Å². The van der Waals surface area contributed by atoms with Crippen molar-refractivity contribution in [2.24, 2.45) is 0 Å². The van der Waals surface area contributed by atoms with Gasteiger partial charge in [0.15, 0.2) is 11.5 Å². The van der Waals surface area contributed by atoms with Crippen molar-refractivity contribution >= 4 is 11.3 Å². The number of benzene rings is 1. The maximum atomic E-state index is 5.66. The molecule has 0 saturated carbocycles. The van der Waals surface area contributed by atoms with Crippen LogP contribution in [-0.2, 0) is 6.54 Å². The second kappa shape index (κ2) is 7.51. The number of oxazole rings is 1. The summed E-state index contributed by atoms with van der Waals surface area (Å²) in [6, 6.07) is 10.6. The summed E-state index contributed by atoms with van der Waals surface area (Å²) < 4.78 is 16.5. The summed E-state index contributed by atoms with van der Waals surface area (Å²) >= 11 is 1.64. The van der Waals surface area contributed by atoms with Gasteiger partial charge in [-0.1, -0.05) is 12.1 Å². The lowest BCUT2D eigenvalue weighted by Gasteiger charge is -2.24. The maximum Gasteiger partial charge on any atom is 0.236 e. The van der Waals surface area contributed by atoms with Gasteiger partial charge in [0.25, 0.3) is 0 Å². The average Bonchev–Trinajstić information content (AvgIpc) is 3.42. The van der Waals surface area contributed by atoms with Gasteiger partial charge < -0.3 is 13.9 Å². The first-order chi connectivity index (χ1) is 12.8. The molecule has 5 nitrogen and oxygen atoms in total. The highest BCUT2D eigenvalue weighted by Gasteiger charge is 2.27. The largest absolute Gasteiger partial charge is 0.493 e. The lowest BCUT2D eigenvalue weighted by Crippen LogP contribution is -2.23. The van der Waals surface area contributed by atoms with Gasteiger partial charge >= 0.3 is 0 Å². The molecule has 2 aromatic heterocycles. The van der Waals surface area contributed by atoms with Crippen LogP contribution in [0, 0.1) is 0 Å². The maximum absolute atomic E-state index is 5.66. The van der Waals surface area contributed by atoms with E-state index in [1.54, 1.807) is 31.8 Å². The van der Waals surface area contributed by atoms with Crippen molar-refractivity contribution in [3.05, 3.63) is 53.2 Å². The number of ether oxygens (including phenoxy) is 2. The third kappa shape index (κ3) is 3.34. The van der Waals surface area contributed by atoms with Crippen molar-refractivity contribution in [3.63, 3.8) is 0 Å². The zero-order valence-corrected chi connectivity index (χ0v) is 15.8. The monoisotopic (exact) mass is 370 g/mol. The SMILES string of the molecule is COc1ccc(C2CCCN2Cc2coc(-c3cccs3)n2)cc1OC. The van der Waals surface area contributed by atoms with Crippen molar-refractivity contribution in [3.8, 4) is 22.3 Å². The Morgan fingerprint density at radius 2 is 2.12 bits per heavy atom. The topological polar surface area (TPSA) is 47.7 Å². The van der Waals surface area contributed by atoms with Crippen LogP contribution in [0.4, 0.5) is 0 Å². The molecule has 0 aliphatic carbocycles. The van der Waals surface area contributed by atoms with E-state index in [4.69, 9.17) is 13.9 Å². The molecule has 1 aromatic carbocycles. The number of nitrogens with zero attached hydrogens (tertiary/aromatic N) is 2. The van der Waals surface area contributed by atoms with Crippen LogP contribution in [0.15, 0.2) is 46.4 Å². The second-order valence-corrected chi connectivity index (χ2v) is 7.31. The highest BCUT2D eigenvalue weighted by Crippen LogP contribution is 2.37. The first kappa shape index (κ1) is 17.1. The molecule has 26 heavy (non-hydrogen) atoms. The summed E-state index contributed by atoms with van der Waals surface area (Å²) in [5.74, 6) is 2.24. The highest BCUT2D eigenvalue weighted by molar-refractivity contribution is 7.13. The van der Waals surface area contributed by atoms with E-state index >= 15 is 0 Å². The summed E-state index contributed by atoms with van der Waals surface area (Å²) in [5, 5.41) is 2.03. The summed E-state index contributed by atoms with van der Waals surface area (Å²) in [7, 11) is 3.34. The van der Waals surface area contributed by atoms with Crippen LogP contribution in [0.1, 0.15) is 30.1 Å². The molecule has 1 aliphatic rings. The Kier molecular flexibility index (Phi) is 4.95. The van der Waals surface area contributed by atoms with Gasteiger partial charge in [-0.05, 0) is 48.5 Å². The Bertz CT molecular complexity index is 860. The van der Waals surface area contributed by atoms with E-state index in [0.717, 1.165) is 41.6 Å². The Balaban J connectivity index is 1.52. The van der Waals surface area contributed by atoms with Gasteiger partial charge in [0, 0.05) is 12.6 Å². The number of rotatable bonds is 6. The van der Waals surface area contributed by atoms with Gasteiger partial charge in [-0.2, -0.15) is 0 Å². The van der Waals surface area contributed by atoms with Gasteiger partial charge in [0.05, 0.1) is 24.8 Å². The van der Waals surface area contributed by atoms with E-state index in [1.807, 2.05) is 23.6 Å². The van der Waals surface area contributed by atoms with Gasteiger partial charge in [0.1, 0.15) is 6.26 Å². The number of hydrogen-bond donors (Lipinski definition) is 0. The molecule has 0 spiro atoms. The van der Waals surface area contributed by atoms with Gasteiger partial charge in [-0.3, -0.25) is 4.90 Å². The van der Waals surface area contributed by atoms with E-state index in [2.05, 4.69) is 22.0 Å². The molecule has 3 heterocycles. The number of likely N-dealkylation sites (tertiary alicyclic amines) is 1. The average molecular weight is 370 g/mol. The molecule has 1 unspecified atom stereocenters. The predicted molar refractivity (Wildman–Crippen MR) is 102 cm³/mol. The first-order valence-corrected chi connectivity index (χ1v) is 9.60. The molecule has 1 saturated heterocycles. The molecule has 1 fully saturated rings. The molecule has 1 aliphatic heterocycles. The molecule has 0 amide bonds. The van der Waals surface area contributed by atoms with E-state index in [0.29, 0.717) is 11.9 Å². The van der Waals surface area contributed by atoms with Gasteiger partial charge in [0.2, 0.25) is 5.89 Å². The minimum Gasteiger partial charge on any atom is -0.493 e. The van der Waals surface area contributed by atoms with Gasteiger partial charge in [-0.15, -0.1) is 11.3 Å². The van der Waals surface area contributed by atoms with Crippen LogP contribution in [0.5, 0.6) is 11.5 Å². The minimum atomic E-state index is 0.358. The van der Waals surface area contributed by atoms with Crippen molar-refractivity contribution in [2.75, 3.05) is 20.8 Å². The van der Waals surface area contributed by atoms with Gasteiger partial charge in [-0.25, -0.2) is 4.98 Å². The standard InChI is InChI=1S/C20H22N2O3S/c1-23-17-8-7-14(11-18(17)24-2)16-5-3-9-22(16)12-15-13-25-20(21-15)19-6-4-10-26-19/h4,6-8,10-11,13,16H,3,5,9,12H2,1-2H3. The van der Waals surface area contributed by atoms with Crippen LogP contribution in [-0.4, -0.2) is 30.6 Å². The fourth-order valence-electron chi connectivity index (χ4n) is 3.55. The van der Waals surface area contributed by atoms with Crippen LogP contribution in [0.3, 0.4) is 0 Å². The predicted octanol–water partition coefficient (Wildman–Crippen LogP) is 4.76.